The normalized spacial score (nSPS) is 16.4. The van der Waals surface area contributed by atoms with Crippen LogP contribution < -0.4 is 5.32 Å². The number of hydrogen-bond acceptors (Lipinski definition) is 4. The number of benzene rings is 1. The maximum Gasteiger partial charge on any atom is 0.243 e. The molecule has 0 spiro atoms. The van der Waals surface area contributed by atoms with E-state index in [1.54, 1.807) is 19.2 Å². The molecule has 1 aliphatic rings. The lowest BCUT2D eigenvalue weighted by molar-refractivity contribution is 0.142. The van der Waals surface area contributed by atoms with Crippen LogP contribution in [0, 0.1) is 0 Å². The van der Waals surface area contributed by atoms with Crippen LogP contribution in [0.15, 0.2) is 23.1 Å². The molecule has 1 N–H and O–H groups in total. The van der Waals surface area contributed by atoms with Crippen LogP contribution in [0.2, 0.25) is 0 Å². The highest BCUT2D eigenvalue weighted by molar-refractivity contribution is 7.89. The fourth-order valence-electron chi connectivity index (χ4n) is 2.78. The first-order chi connectivity index (χ1) is 10.0. The predicted octanol–water partition coefficient (Wildman–Crippen LogP) is 2.09. The van der Waals surface area contributed by atoms with Crippen molar-refractivity contribution in [2.75, 3.05) is 32.1 Å². The van der Waals surface area contributed by atoms with Crippen LogP contribution >= 0.6 is 0 Å². The molecule has 1 aromatic carbocycles. The quantitative estimate of drug-likeness (QED) is 0.874. The number of hydrogen-bond donors (Lipinski definition) is 1. The summed E-state index contributed by atoms with van der Waals surface area (Å²) in [6.07, 6.45) is 2.09. The second kappa shape index (κ2) is 6.77. The van der Waals surface area contributed by atoms with E-state index in [1.807, 2.05) is 19.9 Å². The Balaban J connectivity index is 2.33. The molecular weight excluding hydrogens is 288 g/mol. The van der Waals surface area contributed by atoms with Gasteiger partial charge in [0.1, 0.15) is 0 Å². The SMILES string of the molecule is CCN(C(C)COC)S(=O)(=O)c1ccc2c(c1)NCCC2. The predicted molar refractivity (Wildman–Crippen MR) is 84.2 cm³/mol. The van der Waals surface area contributed by atoms with Crippen molar-refractivity contribution in [3.63, 3.8) is 0 Å². The Labute approximate surface area is 127 Å². The smallest absolute Gasteiger partial charge is 0.243 e. The fourth-order valence-corrected chi connectivity index (χ4v) is 4.43. The molecular formula is C15H24N2O3S. The minimum atomic E-state index is -3.49. The molecule has 21 heavy (non-hydrogen) atoms. The van der Waals surface area contributed by atoms with E-state index in [1.165, 1.54) is 9.87 Å². The van der Waals surface area contributed by atoms with E-state index in [2.05, 4.69) is 5.32 Å². The number of aryl methyl sites for hydroxylation is 1. The molecule has 1 atom stereocenters. The summed E-state index contributed by atoms with van der Waals surface area (Å²) in [4.78, 5) is 0.348. The summed E-state index contributed by atoms with van der Waals surface area (Å²) in [6, 6.07) is 5.20. The van der Waals surface area contributed by atoms with Gasteiger partial charge >= 0.3 is 0 Å². The van der Waals surface area contributed by atoms with Crippen molar-refractivity contribution in [3.8, 4) is 0 Å². The zero-order chi connectivity index (χ0) is 15.5. The van der Waals surface area contributed by atoms with E-state index in [0.29, 0.717) is 18.0 Å². The number of nitrogens with zero attached hydrogens (tertiary/aromatic N) is 1. The van der Waals surface area contributed by atoms with Crippen LogP contribution in [0.3, 0.4) is 0 Å². The Morgan fingerprint density at radius 3 is 2.86 bits per heavy atom. The molecule has 118 valence electrons. The summed E-state index contributed by atoms with van der Waals surface area (Å²) >= 11 is 0. The van der Waals surface area contributed by atoms with Gasteiger partial charge in [0.05, 0.1) is 11.5 Å². The van der Waals surface area contributed by atoms with Crippen LogP contribution in [0.4, 0.5) is 5.69 Å². The van der Waals surface area contributed by atoms with Crippen LogP contribution in [0.5, 0.6) is 0 Å². The summed E-state index contributed by atoms with van der Waals surface area (Å²) in [7, 11) is -1.91. The van der Waals surface area contributed by atoms with Gasteiger partial charge in [-0.15, -0.1) is 0 Å². The second-order valence-electron chi connectivity index (χ2n) is 5.36. The third-order valence-corrected chi connectivity index (χ3v) is 5.92. The van der Waals surface area contributed by atoms with Crippen molar-refractivity contribution in [2.45, 2.75) is 37.6 Å². The lowest BCUT2D eigenvalue weighted by Gasteiger charge is -2.27. The molecule has 0 saturated heterocycles. The molecule has 0 bridgehead atoms. The number of anilines is 1. The Bertz CT molecular complexity index is 587. The molecule has 0 amide bonds. The van der Waals surface area contributed by atoms with Crippen molar-refractivity contribution in [1.29, 1.82) is 0 Å². The van der Waals surface area contributed by atoms with Crippen molar-refractivity contribution < 1.29 is 13.2 Å². The molecule has 1 aromatic rings. The highest BCUT2D eigenvalue weighted by Crippen LogP contribution is 2.27. The van der Waals surface area contributed by atoms with Gasteiger partial charge in [-0.1, -0.05) is 13.0 Å². The van der Waals surface area contributed by atoms with Gasteiger partial charge in [-0.25, -0.2) is 8.42 Å². The number of fused-ring (bicyclic) bond motifs is 1. The topological polar surface area (TPSA) is 58.6 Å². The number of methoxy groups -OCH3 is 1. The Kier molecular flexibility index (Phi) is 5.24. The first-order valence-electron chi connectivity index (χ1n) is 7.38. The van der Waals surface area contributed by atoms with Crippen molar-refractivity contribution in [3.05, 3.63) is 23.8 Å². The minimum absolute atomic E-state index is 0.186. The third kappa shape index (κ3) is 3.39. The summed E-state index contributed by atoms with van der Waals surface area (Å²) in [6.45, 7) is 5.42. The zero-order valence-corrected chi connectivity index (χ0v) is 13.7. The van der Waals surface area contributed by atoms with E-state index in [9.17, 15) is 8.42 Å². The molecule has 5 nitrogen and oxygen atoms in total. The van der Waals surface area contributed by atoms with E-state index >= 15 is 0 Å². The van der Waals surface area contributed by atoms with Gasteiger partial charge in [0, 0.05) is 31.9 Å². The van der Waals surface area contributed by atoms with Crippen LogP contribution in [0.25, 0.3) is 0 Å². The molecule has 0 radical (unpaired) electrons. The van der Waals surface area contributed by atoms with Gasteiger partial charge in [-0.3, -0.25) is 0 Å². The van der Waals surface area contributed by atoms with Gasteiger partial charge in [-0.05, 0) is 37.5 Å². The van der Waals surface area contributed by atoms with Crippen LogP contribution in [-0.2, 0) is 21.2 Å². The number of nitrogens with one attached hydrogen (secondary N) is 1. The van der Waals surface area contributed by atoms with Crippen LogP contribution in [0.1, 0.15) is 25.8 Å². The molecule has 0 saturated carbocycles. The summed E-state index contributed by atoms with van der Waals surface area (Å²) in [5.74, 6) is 0. The summed E-state index contributed by atoms with van der Waals surface area (Å²) in [5, 5.41) is 3.28. The molecule has 0 fully saturated rings. The van der Waals surface area contributed by atoms with E-state index < -0.39 is 10.0 Å². The molecule has 2 rings (SSSR count). The van der Waals surface area contributed by atoms with Gasteiger partial charge < -0.3 is 10.1 Å². The summed E-state index contributed by atoms with van der Waals surface area (Å²) < 4.78 is 32.2. The second-order valence-corrected chi connectivity index (χ2v) is 7.25. The number of sulfonamides is 1. The lowest BCUT2D eigenvalue weighted by atomic mass is 10.0. The average Bonchev–Trinajstić information content (AvgIpc) is 2.47. The molecule has 1 unspecified atom stereocenters. The van der Waals surface area contributed by atoms with Crippen molar-refractivity contribution >= 4 is 15.7 Å². The Morgan fingerprint density at radius 1 is 1.43 bits per heavy atom. The molecule has 6 heteroatoms. The number of ether oxygens (including phenoxy) is 1. The Hall–Kier alpha value is -1.11. The summed E-state index contributed by atoms with van der Waals surface area (Å²) in [5.41, 5.74) is 2.13. The zero-order valence-electron chi connectivity index (χ0n) is 12.9. The van der Waals surface area contributed by atoms with Gasteiger partial charge in [0.25, 0.3) is 0 Å². The lowest BCUT2D eigenvalue weighted by Crippen LogP contribution is -2.40. The van der Waals surface area contributed by atoms with Crippen molar-refractivity contribution in [1.82, 2.24) is 4.31 Å². The molecule has 0 aromatic heterocycles. The van der Waals surface area contributed by atoms with Crippen LogP contribution in [-0.4, -0.2) is 45.6 Å². The van der Waals surface area contributed by atoms with E-state index in [4.69, 9.17) is 4.74 Å². The molecule has 1 aliphatic heterocycles. The van der Waals surface area contributed by atoms with Gasteiger partial charge in [0.15, 0.2) is 0 Å². The maximum absolute atomic E-state index is 12.8. The molecule has 0 aliphatic carbocycles. The average molecular weight is 312 g/mol. The highest BCUT2D eigenvalue weighted by Gasteiger charge is 2.28. The number of likely N-dealkylation sites (N-methyl/N-ethyl adjacent to an activating group) is 1. The largest absolute Gasteiger partial charge is 0.385 e. The van der Waals surface area contributed by atoms with E-state index in [-0.39, 0.29) is 6.04 Å². The monoisotopic (exact) mass is 312 g/mol. The van der Waals surface area contributed by atoms with E-state index in [0.717, 1.165) is 25.1 Å². The minimum Gasteiger partial charge on any atom is -0.385 e. The highest BCUT2D eigenvalue weighted by atomic mass is 32.2. The number of rotatable bonds is 6. The van der Waals surface area contributed by atoms with Gasteiger partial charge in [0.2, 0.25) is 10.0 Å². The maximum atomic E-state index is 12.8. The third-order valence-electron chi connectivity index (χ3n) is 3.84. The fraction of sp³-hybridized carbons (Fsp3) is 0.600. The first-order valence-corrected chi connectivity index (χ1v) is 8.82. The van der Waals surface area contributed by atoms with Crippen molar-refractivity contribution in [2.24, 2.45) is 0 Å². The molecule has 1 heterocycles. The Morgan fingerprint density at radius 2 is 2.19 bits per heavy atom. The van der Waals surface area contributed by atoms with Gasteiger partial charge in [-0.2, -0.15) is 4.31 Å². The first kappa shape index (κ1) is 16.3. The standard InChI is InChI=1S/C15H24N2O3S/c1-4-17(12(2)11-20-3)21(18,19)14-8-7-13-6-5-9-16-15(13)10-14/h7-8,10,12,16H,4-6,9,11H2,1-3H3.